The summed E-state index contributed by atoms with van der Waals surface area (Å²) in [7, 11) is 0. The molecule has 0 bridgehead atoms. The average molecular weight is 491 g/mol. The fourth-order valence-electron chi connectivity index (χ4n) is 5.38. The van der Waals surface area contributed by atoms with Crippen LogP contribution >= 0.6 is 11.3 Å². The van der Waals surface area contributed by atoms with Gasteiger partial charge in [0.05, 0.1) is 0 Å². The lowest BCUT2D eigenvalue weighted by Crippen LogP contribution is -2.63. The number of anilines is 1. The number of aromatic nitrogens is 1. The van der Waals surface area contributed by atoms with Crippen LogP contribution < -0.4 is 5.32 Å². The van der Waals surface area contributed by atoms with E-state index in [1.54, 1.807) is 34.6 Å². The van der Waals surface area contributed by atoms with Crippen molar-refractivity contribution >= 4 is 41.0 Å². The van der Waals surface area contributed by atoms with Crippen molar-refractivity contribution in [3.63, 3.8) is 0 Å². The monoisotopic (exact) mass is 490 g/mol. The summed E-state index contributed by atoms with van der Waals surface area (Å²) in [5.41, 5.74) is 2.24. The van der Waals surface area contributed by atoms with E-state index < -0.39 is 5.54 Å². The van der Waals surface area contributed by atoms with Crippen LogP contribution in [0.2, 0.25) is 0 Å². The molecule has 1 unspecified atom stereocenters. The first-order valence-electron chi connectivity index (χ1n) is 12.2. The molecule has 1 N–H and O–H groups in total. The van der Waals surface area contributed by atoms with Crippen molar-refractivity contribution in [1.29, 1.82) is 0 Å². The van der Waals surface area contributed by atoms with Crippen LogP contribution in [-0.2, 0) is 27.2 Å². The molecular weight excluding hydrogens is 460 g/mol. The van der Waals surface area contributed by atoms with E-state index in [0.29, 0.717) is 31.7 Å². The summed E-state index contributed by atoms with van der Waals surface area (Å²) in [6, 6.07) is 6.19. The quantitative estimate of drug-likeness (QED) is 0.522. The number of nitrogens with one attached hydrogen (secondary N) is 1. The molecular formula is C27H30N4O3S. The topological polar surface area (TPSA) is 82.6 Å². The second-order valence-electron chi connectivity index (χ2n) is 9.55. The molecule has 5 rings (SSSR count). The minimum Gasteiger partial charge on any atom is -0.335 e. The standard InChI is InChI=1S/C27H30N4O3S/c1-19(32)31-11-3-2-10-27(31)17-22-15-21(18-28-25(22)29-26(27)34)6-7-24(33)30-12-8-20(9-13-30)16-23-5-4-14-35-23/h4-8,14-15,18H,2-3,9-13,16-17H2,1H3,(H,28,29,34)/b7-6+. The number of amides is 3. The Morgan fingerprint density at radius 1 is 1.29 bits per heavy atom. The van der Waals surface area contributed by atoms with Crippen LogP contribution in [0.15, 0.2) is 47.5 Å². The minimum absolute atomic E-state index is 0.0195. The summed E-state index contributed by atoms with van der Waals surface area (Å²) >= 11 is 1.77. The summed E-state index contributed by atoms with van der Waals surface area (Å²) in [6.07, 6.45) is 12.0. The van der Waals surface area contributed by atoms with Crippen LogP contribution in [0, 0.1) is 0 Å². The summed E-state index contributed by atoms with van der Waals surface area (Å²) in [6.45, 7) is 3.47. The zero-order valence-electron chi connectivity index (χ0n) is 20.0. The van der Waals surface area contributed by atoms with E-state index in [4.69, 9.17) is 0 Å². The van der Waals surface area contributed by atoms with Gasteiger partial charge >= 0.3 is 0 Å². The SMILES string of the molecule is CC(=O)N1CCCCC12Cc1cc(/C=C/C(=O)N3CC=C(Cc4cccs4)CC3)cnc1NC2=O. The highest BCUT2D eigenvalue weighted by atomic mass is 32.1. The molecule has 5 heterocycles. The molecule has 1 spiro atoms. The van der Waals surface area contributed by atoms with Crippen LogP contribution in [0.4, 0.5) is 5.82 Å². The number of carbonyl (C=O) groups is 3. The second kappa shape index (κ2) is 9.77. The predicted molar refractivity (Wildman–Crippen MR) is 137 cm³/mol. The molecule has 2 aromatic heterocycles. The van der Waals surface area contributed by atoms with Gasteiger partial charge in [-0.25, -0.2) is 4.98 Å². The van der Waals surface area contributed by atoms with E-state index in [0.717, 1.165) is 43.4 Å². The molecule has 0 aliphatic carbocycles. The smallest absolute Gasteiger partial charge is 0.251 e. The third kappa shape index (κ3) is 4.80. The molecule has 1 saturated heterocycles. The van der Waals surface area contributed by atoms with Crippen molar-refractivity contribution < 1.29 is 14.4 Å². The van der Waals surface area contributed by atoms with Gasteiger partial charge in [0.1, 0.15) is 11.4 Å². The molecule has 0 aromatic carbocycles. The number of likely N-dealkylation sites (tertiary alicyclic amines) is 1. The number of fused-ring (bicyclic) bond motifs is 1. The Hall–Kier alpha value is -3.26. The summed E-state index contributed by atoms with van der Waals surface area (Å²) in [4.78, 5) is 47.5. The lowest BCUT2D eigenvalue weighted by molar-refractivity contribution is -0.147. The van der Waals surface area contributed by atoms with Crippen LogP contribution in [-0.4, -0.2) is 57.7 Å². The maximum absolute atomic E-state index is 13.0. The summed E-state index contributed by atoms with van der Waals surface area (Å²) < 4.78 is 0. The largest absolute Gasteiger partial charge is 0.335 e. The maximum Gasteiger partial charge on any atom is 0.251 e. The van der Waals surface area contributed by atoms with Gasteiger partial charge in [0.2, 0.25) is 11.8 Å². The Balaban J connectivity index is 1.26. The Bertz CT molecular complexity index is 1200. The van der Waals surface area contributed by atoms with Gasteiger partial charge in [-0.05, 0) is 60.4 Å². The average Bonchev–Trinajstić information content (AvgIpc) is 3.37. The minimum atomic E-state index is -0.849. The Morgan fingerprint density at radius 2 is 2.17 bits per heavy atom. The second-order valence-corrected chi connectivity index (χ2v) is 10.6. The lowest BCUT2D eigenvalue weighted by Gasteiger charge is -2.47. The number of thiophene rings is 1. The van der Waals surface area contributed by atoms with Crippen molar-refractivity contribution in [1.82, 2.24) is 14.8 Å². The van der Waals surface area contributed by atoms with Gasteiger partial charge in [0, 0.05) is 56.5 Å². The molecule has 7 nitrogen and oxygen atoms in total. The van der Waals surface area contributed by atoms with Crippen molar-refractivity contribution in [2.45, 2.75) is 51.0 Å². The summed E-state index contributed by atoms with van der Waals surface area (Å²) in [5, 5.41) is 5.01. The fraction of sp³-hybridized carbons (Fsp3) is 0.407. The Labute approximate surface area is 209 Å². The third-order valence-electron chi connectivity index (χ3n) is 7.26. The zero-order chi connectivity index (χ0) is 24.4. The number of hydrogen-bond donors (Lipinski definition) is 1. The molecule has 3 aliphatic rings. The molecule has 1 fully saturated rings. The van der Waals surface area contributed by atoms with E-state index in [1.807, 2.05) is 11.0 Å². The van der Waals surface area contributed by atoms with E-state index in [-0.39, 0.29) is 17.7 Å². The van der Waals surface area contributed by atoms with Crippen LogP contribution in [0.5, 0.6) is 0 Å². The van der Waals surface area contributed by atoms with Crippen LogP contribution in [0.3, 0.4) is 0 Å². The molecule has 182 valence electrons. The van der Waals surface area contributed by atoms with Crippen LogP contribution in [0.25, 0.3) is 6.08 Å². The number of pyridine rings is 1. The molecule has 0 radical (unpaired) electrons. The van der Waals surface area contributed by atoms with Gasteiger partial charge in [-0.1, -0.05) is 17.7 Å². The molecule has 0 saturated carbocycles. The van der Waals surface area contributed by atoms with Crippen molar-refractivity contribution in [2.75, 3.05) is 25.0 Å². The number of nitrogens with zero attached hydrogens (tertiary/aromatic N) is 3. The number of rotatable bonds is 4. The molecule has 1 atom stereocenters. The van der Waals surface area contributed by atoms with Gasteiger partial charge < -0.3 is 15.1 Å². The molecule has 8 heteroatoms. The van der Waals surface area contributed by atoms with Gasteiger partial charge in [-0.2, -0.15) is 0 Å². The summed E-state index contributed by atoms with van der Waals surface area (Å²) in [5.74, 6) is 0.293. The van der Waals surface area contributed by atoms with E-state index in [9.17, 15) is 14.4 Å². The van der Waals surface area contributed by atoms with Crippen LogP contribution in [0.1, 0.15) is 48.6 Å². The molecule has 2 aromatic rings. The van der Waals surface area contributed by atoms with E-state index in [2.05, 4.69) is 33.9 Å². The first-order chi connectivity index (χ1) is 16.9. The Morgan fingerprint density at radius 3 is 2.91 bits per heavy atom. The molecule has 3 aliphatic heterocycles. The first kappa shape index (κ1) is 23.5. The lowest BCUT2D eigenvalue weighted by atomic mass is 9.78. The molecule has 35 heavy (non-hydrogen) atoms. The number of piperidine rings is 1. The van der Waals surface area contributed by atoms with Gasteiger partial charge in [0.25, 0.3) is 5.91 Å². The van der Waals surface area contributed by atoms with Crippen molar-refractivity contribution in [3.8, 4) is 0 Å². The fourth-order valence-corrected chi connectivity index (χ4v) is 6.14. The highest BCUT2D eigenvalue weighted by molar-refractivity contribution is 7.09. The predicted octanol–water partition coefficient (Wildman–Crippen LogP) is 3.82. The highest BCUT2D eigenvalue weighted by Crippen LogP contribution is 2.38. The van der Waals surface area contributed by atoms with Crippen molar-refractivity contribution in [3.05, 3.63) is 63.5 Å². The van der Waals surface area contributed by atoms with Gasteiger partial charge in [-0.3, -0.25) is 14.4 Å². The van der Waals surface area contributed by atoms with E-state index in [1.165, 1.54) is 17.4 Å². The Kier molecular flexibility index (Phi) is 6.56. The van der Waals surface area contributed by atoms with Crippen molar-refractivity contribution in [2.24, 2.45) is 0 Å². The molecule has 3 amide bonds. The number of carbonyl (C=O) groups excluding carboxylic acids is 3. The number of hydrogen-bond acceptors (Lipinski definition) is 5. The normalized spacial score (nSPS) is 22.2. The third-order valence-corrected chi connectivity index (χ3v) is 8.14. The highest BCUT2D eigenvalue weighted by Gasteiger charge is 2.49. The first-order valence-corrected chi connectivity index (χ1v) is 13.1. The zero-order valence-corrected chi connectivity index (χ0v) is 20.8. The maximum atomic E-state index is 13.0. The van der Waals surface area contributed by atoms with Gasteiger partial charge in [0.15, 0.2) is 0 Å². The van der Waals surface area contributed by atoms with E-state index >= 15 is 0 Å². The van der Waals surface area contributed by atoms with Gasteiger partial charge in [-0.15, -0.1) is 11.3 Å².